The minimum Gasteiger partial charge on any atom is -0.500 e. The van der Waals surface area contributed by atoms with E-state index in [1.54, 1.807) is 0 Å². The standard InChI is InChI=1S/C8H11.2C7H7.Pt/c1-2-4-6-8-7-5-3-1;2*1-7-5-3-2-4-6-7;/h1-2,7H,3-6H2;2*2-5H,1H3;/q3*-1;. The van der Waals surface area contributed by atoms with Crippen molar-refractivity contribution in [2.24, 2.45) is 0 Å². The van der Waals surface area contributed by atoms with Crippen LogP contribution >= 0.6 is 0 Å². The van der Waals surface area contributed by atoms with Crippen molar-refractivity contribution in [3.63, 3.8) is 0 Å². The number of benzene rings is 2. The second kappa shape index (κ2) is 15.5. The van der Waals surface area contributed by atoms with Gasteiger partial charge in [0.15, 0.2) is 0 Å². The number of aryl methyl sites for hydroxylation is 2. The first-order chi connectivity index (χ1) is 10.8. The summed E-state index contributed by atoms with van der Waals surface area (Å²) in [6.07, 6.45) is 14.5. The summed E-state index contributed by atoms with van der Waals surface area (Å²) < 4.78 is 0. The summed E-state index contributed by atoms with van der Waals surface area (Å²) in [6.45, 7) is 4.06. The van der Waals surface area contributed by atoms with Crippen LogP contribution in [0, 0.1) is 32.1 Å². The second-order valence-corrected chi connectivity index (χ2v) is 5.09. The van der Waals surface area contributed by atoms with E-state index in [0.717, 1.165) is 6.42 Å². The zero-order valence-electron chi connectivity index (χ0n) is 14.0. The molecule has 0 aromatic heterocycles. The number of hydrogen-bond acceptors (Lipinski definition) is 0. The third kappa shape index (κ3) is 14.0. The molecular weight excluding hydrogens is 459 g/mol. The minimum atomic E-state index is 0. The van der Waals surface area contributed by atoms with Crippen molar-refractivity contribution in [1.82, 2.24) is 0 Å². The molecule has 0 atom stereocenters. The minimum absolute atomic E-state index is 0. The molecule has 1 aliphatic rings. The normalized spacial score (nSPS) is 12.3. The summed E-state index contributed by atoms with van der Waals surface area (Å²) in [4.78, 5) is 0. The third-order valence-electron chi connectivity index (χ3n) is 2.97. The summed E-state index contributed by atoms with van der Waals surface area (Å²) >= 11 is 0. The van der Waals surface area contributed by atoms with E-state index in [-0.39, 0.29) is 21.1 Å². The first kappa shape index (κ1) is 21.6. The van der Waals surface area contributed by atoms with Gasteiger partial charge in [0.2, 0.25) is 0 Å². The Morgan fingerprint density at radius 1 is 0.739 bits per heavy atom. The van der Waals surface area contributed by atoms with E-state index in [1.807, 2.05) is 62.4 Å². The molecule has 3 rings (SSSR count). The Bertz CT molecular complexity index is 463. The number of hydrogen-bond donors (Lipinski definition) is 0. The second-order valence-electron chi connectivity index (χ2n) is 5.09. The van der Waals surface area contributed by atoms with Gasteiger partial charge in [0.25, 0.3) is 0 Å². The van der Waals surface area contributed by atoms with Crippen LogP contribution in [0.3, 0.4) is 0 Å². The molecule has 0 amide bonds. The van der Waals surface area contributed by atoms with Crippen molar-refractivity contribution in [2.45, 2.75) is 39.5 Å². The van der Waals surface area contributed by atoms with Gasteiger partial charge in [0, 0.05) is 21.1 Å². The summed E-state index contributed by atoms with van der Waals surface area (Å²) in [5.74, 6) is 0. The van der Waals surface area contributed by atoms with Gasteiger partial charge in [-0.2, -0.15) is 78.2 Å². The molecule has 1 aliphatic carbocycles. The molecule has 0 aliphatic heterocycles. The fourth-order valence-corrected chi connectivity index (χ4v) is 1.75. The molecule has 0 bridgehead atoms. The molecule has 126 valence electrons. The van der Waals surface area contributed by atoms with Crippen molar-refractivity contribution in [3.05, 3.63) is 96.1 Å². The maximum Gasteiger partial charge on any atom is 0 e. The predicted molar refractivity (Wildman–Crippen MR) is 95.5 cm³/mol. The average Bonchev–Trinajstić information content (AvgIpc) is 2.49. The van der Waals surface area contributed by atoms with E-state index in [1.165, 1.54) is 30.4 Å². The molecule has 0 radical (unpaired) electrons. The molecule has 2 aromatic rings. The topological polar surface area (TPSA) is 0 Å². The predicted octanol–water partition coefficient (Wildman–Crippen LogP) is 6.06. The van der Waals surface area contributed by atoms with Crippen LogP contribution in [0.2, 0.25) is 0 Å². The SMILES string of the molecule is Cc1[c-]cccc1.Cc1[c-]cccc1.[C-]1=CCCC=CCC1.[Pt]. The Kier molecular flexibility index (Phi) is 14.6. The van der Waals surface area contributed by atoms with Gasteiger partial charge in [0.05, 0.1) is 0 Å². The summed E-state index contributed by atoms with van der Waals surface area (Å²) in [6, 6.07) is 21.9. The Hall–Kier alpha value is -1.39. The number of allylic oxidation sites excluding steroid dienone is 4. The summed E-state index contributed by atoms with van der Waals surface area (Å²) in [7, 11) is 0. The molecule has 0 heterocycles. The number of rotatable bonds is 0. The van der Waals surface area contributed by atoms with E-state index >= 15 is 0 Å². The maximum atomic E-state index is 3.21. The fourth-order valence-electron chi connectivity index (χ4n) is 1.75. The molecule has 1 heteroatoms. The van der Waals surface area contributed by atoms with Gasteiger partial charge in [-0.15, -0.1) is 0 Å². The van der Waals surface area contributed by atoms with E-state index in [0.29, 0.717) is 0 Å². The summed E-state index contributed by atoms with van der Waals surface area (Å²) in [5, 5.41) is 0. The van der Waals surface area contributed by atoms with Gasteiger partial charge in [-0.25, -0.2) is 0 Å². The van der Waals surface area contributed by atoms with Crippen molar-refractivity contribution >= 4 is 0 Å². The Labute approximate surface area is 156 Å². The quantitative estimate of drug-likeness (QED) is 0.315. The van der Waals surface area contributed by atoms with Crippen LogP contribution in [-0.4, -0.2) is 0 Å². The van der Waals surface area contributed by atoms with Crippen LogP contribution < -0.4 is 0 Å². The third-order valence-corrected chi connectivity index (χ3v) is 2.97. The van der Waals surface area contributed by atoms with E-state index in [2.05, 4.69) is 36.4 Å². The first-order valence-corrected chi connectivity index (χ1v) is 7.86. The molecule has 0 fully saturated rings. The zero-order chi connectivity index (χ0) is 15.9. The van der Waals surface area contributed by atoms with Crippen LogP contribution in [0.15, 0.2) is 66.8 Å². The first-order valence-electron chi connectivity index (χ1n) is 7.86. The van der Waals surface area contributed by atoms with Crippen LogP contribution in [-0.2, 0) is 21.1 Å². The molecule has 0 nitrogen and oxygen atoms in total. The Morgan fingerprint density at radius 3 is 1.74 bits per heavy atom. The van der Waals surface area contributed by atoms with Crippen LogP contribution in [0.4, 0.5) is 0 Å². The van der Waals surface area contributed by atoms with Crippen molar-refractivity contribution in [3.8, 4) is 0 Å². The van der Waals surface area contributed by atoms with E-state index in [9.17, 15) is 0 Å². The van der Waals surface area contributed by atoms with Crippen LogP contribution in [0.5, 0.6) is 0 Å². The largest absolute Gasteiger partial charge is 0.500 e. The zero-order valence-corrected chi connectivity index (χ0v) is 16.3. The van der Waals surface area contributed by atoms with Gasteiger partial charge in [-0.05, 0) is 6.42 Å². The van der Waals surface area contributed by atoms with Gasteiger partial charge < -0.3 is 6.08 Å². The molecule has 0 saturated carbocycles. The van der Waals surface area contributed by atoms with Crippen LogP contribution in [0.1, 0.15) is 36.8 Å². The van der Waals surface area contributed by atoms with E-state index in [4.69, 9.17) is 0 Å². The van der Waals surface area contributed by atoms with Crippen molar-refractivity contribution in [1.29, 1.82) is 0 Å². The molecule has 0 saturated heterocycles. The van der Waals surface area contributed by atoms with Crippen LogP contribution in [0.25, 0.3) is 0 Å². The Balaban J connectivity index is 0.000000310. The molecule has 0 spiro atoms. The molecular formula is C22H25Pt-3. The monoisotopic (exact) mass is 484 g/mol. The Morgan fingerprint density at radius 2 is 1.30 bits per heavy atom. The molecule has 23 heavy (non-hydrogen) atoms. The van der Waals surface area contributed by atoms with E-state index < -0.39 is 0 Å². The molecule has 2 aromatic carbocycles. The van der Waals surface area contributed by atoms with Gasteiger partial charge in [-0.1, -0.05) is 38.8 Å². The van der Waals surface area contributed by atoms with Crippen molar-refractivity contribution in [2.75, 3.05) is 0 Å². The molecule has 0 N–H and O–H groups in total. The van der Waals surface area contributed by atoms with Gasteiger partial charge in [-0.3, -0.25) is 6.08 Å². The van der Waals surface area contributed by atoms with Gasteiger partial charge >= 0.3 is 0 Å². The van der Waals surface area contributed by atoms with Gasteiger partial charge in [0.1, 0.15) is 0 Å². The molecule has 0 unspecified atom stereocenters. The summed E-state index contributed by atoms with van der Waals surface area (Å²) in [5.41, 5.74) is 2.39. The maximum absolute atomic E-state index is 3.21. The fraction of sp³-hybridized carbons (Fsp3) is 0.273. The van der Waals surface area contributed by atoms with Crippen molar-refractivity contribution < 1.29 is 21.1 Å². The average molecular weight is 485 g/mol. The smallest absolute Gasteiger partial charge is 0 e.